The van der Waals surface area contributed by atoms with Crippen LogP contribution in [0.15, 0.2) is 12.2 Å². The number of rotatable bonds is 4. The highest BCUT2D eigenvalue weighted by atomic mass is 19.4. The van der Waals surface area contributed by atoms with Gasteiger partial charge in [-0.15, -0.1) is 0 Å². The normalized spacial score (nSPS) is 18.2. The molecule has 2 atom stereocenters. The van der Waals surface area contributed by atoms with Crippen molar-refractivity contribution >= 4 is 5.97 Å². The van der Waals surface area contributed by atoms with Gasteiger partial charge in [0.05, 0.1) is 6.61 Å². The molecule has 16 heavy (non-hydrogen) atoms. The van der Waals surface area contributed by atoms with Crippen molar-refractivity contribution in [2.45, 2.75) is 32.6 Å². The topological polar surface area (TPSA) is 26.3 Å². The molecule has 0 amide bonds. The molecular weight excluding hydrogens is 228 g/mol. The third kappa shape index (κ3) is 2.74. The molecule has 0 saturated carbocycles. The molecule has 0 aliphatic carbocycles. The number of alkyl halides is 4. The second-order valence-electron chi connectivity index (χ2n) is 3.24. The maximum Gasteiger partial charge on any atom is 0.434 e. The van der Waals surface area contributed by atoms with Crippen molar-refractivity contribution in [3.63, 3.8) is 0 Å². The van der Waals surface area contributed by atoms with Gasteiger partial charge in [-0.25, -0.2) is 9.18 Å². The number of esters is 1. The molecule has 0 aromatic heterocycles. The van der Waals surface area contributed by atoms with Crippen molar-refractivity contribution < 1.29 is 27.1 Å². The van der Waals surface area contributed by atoms with E-state index in [9.17, 15) is 22.4 Å². The average molecular weight is 242 g/mol. The Kier molecular flexibility index (Phi) is 4.96. The maximum absolute atomic E-state index is 13.8. The highest BCUT2D eigenvalue weighted by molar-refractivity contribution is 5.81. The molecule has 0 aliphatic rings. The Hall–Kier alpha value is -1.07. The van der Waals surface area contributed by atoms with Gasteiger partial charge in [0.25, 0.3) is 0 Å². The molecule has 0 aromatic rings. The Balaban J connectivity index is 5.27. The number of ether oxygens (including phenoxy) is 1. The first-order valence-electron chi connectivity index (χ1n) is 4.77. The molecule has 0 bridgehead atoms. The summed E-state index contributed by atoms with van der Waals surface area (Å²) in [6.07, 6.45) is -3.06. The van der Waals surface area contributed by atoms with Gasteiger partial charge in [-0.1, -0.05) is 19.1 Å². The fourth-order valence-corrected chi connectivity index (χ4v) is 1.22. The molecule has 0 aromatic carbocycles. The van der Waals surface area contributed by atoms with Gasteiger partial charge >= 0.3 is 17.8 Å². The van der Waals surface area contributed by atoms with Crippen molar-refractivity contribution in [2.24, 2.45) is 5.92 Å². The summed E-state index contributed by atoms with van der Waals surface area (Å²) < 4.78 is 55.6. The van der Waals surface area contributed by atoms with Crippen LogP contribution in [0, 0.1) is 5.92 Å². The zero-order valence-corrected chi connectivity index (χ0v) is 9.27. The number of carbonyl (C=O) groups excluding carboxylic acids is 1. The molecule has 0 fully saturated rings. The van der Waals surface area contributed by atoms with Gasteiger partial charge in [0, 0.05) is 5.92 Å². The van der Waals surface area contributed by atoms with Crippen LogP contribution in [-0.4, -0.2) is 24.4 Å². The standard InChI is InChI=1S/C10H14F4O2/c1-4-6-7(3)9(11,10(12,13)14)8(15)16-5-2/h4,6-7H,5H2,1-3H3/b6-4+. The molecule has 94 valence electrons. The Morgan fingerprint density at radius 2 is 1.88 bits per heavy atom. The molecule has 2 nitrogen and oxygen atoms in total. The Morgan fingerprint density at radius 3 is 2.19 bits per heavy atom. The van der Waals surface area contributed by atoms with Crippen molar-refractivity contribution in [3.05, 3.63) is 12.2 Å². The average Bonchev–Trinajstić information content (AvgIpc) is 2.15. The number of hydrogen-bond acceptors (Lipinski definition) is 2. The van der Waals surface area contributed by atoms with Crippen LogP contribution in [0.4, 0.5) is 17.6 Å². The first-order chi connectivity index (χ1) is 7.21. The first kappa shape index (κ1) is 14.9. The van der Waals surface area contributed by atoms with Crippen LogP contribution in [-0.2, 0) is 9.53 Å². The molecule has 0 aliphatic heterocycles. The third-order valence-corrected chi connectivity index (χ3v) is 2.09. The molecular formula is C10H14F4O2. The Morgan fingerprint density at radius 1 is 1.38 bits per heavy atom. The molecule has 2 unspecified atom stereocenters. The second-order valence-corrected chi connectivity index (χ2v) is 3.24. The van der Waals surface area contributed by atoms with Crippen LogP contribution in [0.1, 0.15) is 20.8 Å². The summed E-state index contributed by atoms with van der Waals surface area (Å²) in [6, 6.07) is 0. The van der Waals surface area contributed by atoms with Crippen molar-refractivity contribution in [2.75, 3.05) is 6.61 Å². The Labute approximate surface area is 91.3 Å². The zero-order chi connectivity index (χ0) is 13.0. The van der Waals surface area contributed by atoms with Gasteiger partial charge in [-0.3, -0.25) is 0 Å². The number of allylic oxidation sites excluding steroid dienone is 2. The van der Waals surface area contributed by atoms with Gasteiger partial charge in [0.1, 0.15) is 0 Å². The maximum atomic E-state index is 13.8. The first-order valence-corrected chi connectivity index (χ1v) is 4.77. The van der Waals surface area contributed by atoms with E-state index in [-0.39, 0.29) is 6.61 Å². The van der Waals surface area contributed by atoms with E-state index in [4.69, 9.17) is 0 Å². The SMILES string of the molecule is C/C=C/C(C)C(F)(C(=O)OCC)C(F)(F)F. The van der Waals surface area contributed by atoms with E-state index in [0.717, 1.165) is 13.0 Å². The van der Waals surface area contributed by atoms with E-state index in [1.165, 1.54) is 19.9 Å². The van der Waals surface area contributed by atoms with Crippen molar-refractivity contribution in [1.82, 2.24) is 0 Å². The molecule has 6 heteroatoms. The van der Waals surface area contributed by atoms with E-state index in [2.05, 4.69) is 4.74 Å². The minimum atomic E-state index is -5.29. The lowest BCUT2D eigenvalue weighted by atomic mass is 9.89. The van der Waals surface area contributed by atoms with Gasteiger partial charge in [0.2, 0.25) is 0 Å². The third-order valence-electron chi connectivity index (χ3n) is 2.09. The summed E-state index contributed by atoms with van der Waals surface area (Å²) >= 11 is 0. The predicted molar refractivity (Wildman–Crippen MR) is 50.5 cm³/mol. The second kappa shape index (κ2) is 5.32. The van der Waals surface area contributed by atoms with Crippen LogP contribution < -0.4 is 0 Å². The van der Waals surface area contributed by atoms with Crippen molar-refractivity contribution in [3.8, 4) is 0 Å². The lowest BCUT2D eigenvalue weighted by Crippen LogP contribution is -2.53. The summed E-state index contributed by atoms with van der Waals surface area (Å²) in [5, 5.41) is 0. The largest absolute Gasteiger partial charge is 0.463 e. The van der Waals surface area contributed by atoms with Crippen molar-refractivity contribution in [1.29, 1.82) is 0 Å². The highest BCUT2D eigenvalue weighted by Gasteiger charge is 2.65. The van der Waals surface area contributed by atoms with Gasteiger partial charge in [0.15, 0.2) is 0 Å². The van der Waals surface area contributed by atoms with E-state index in [1.54, 1.807) is 0 Å². The van der Waals surface area contributed by atoms with Gasteiger partial charge < -0.3 is 4.74 Å². The fourth-order valence-electron chi connectivity index (χ4n) is 1.22. The van der Waals surface area contributed by atoms with Crippen LogP contribution in [0.25, 0.3) is 0 Å². The number of carbonyl (C=O) groups is 1. The van der Waals surface area contributed by atoms with Gasteiger partial charge in [-0.2, -0.15) is 13.2 Å². The summed E-state index contributed by atoms with van der Waals surface area (Å²) in [5.74, 6) is -3.52. The van der Waals surface area contributed by atoms with Crippen LogP contribution >= 0.6 is 0 Å². The summed E-state index contributed by atoms with van der Waals surface area (Å²) in [7, 11) is 0. The molecule has 0 heterocycles. The van der Waals surface area contributed by atoms with Crippen LogP contribution in [0.3, 0.4) is 0 Å². The van der Waals surface area contributed by atoms with E-state index in [0.29, 0.717) is 0 Å². The smallest absolute Gasteiger partial charge is 0.434 e. The van der Waals surface area contributed by atoms with Crippen LogP contribution in [0.5, 0.6) is 0 Å². The summed E-state index contributed by atoms with van der Waals surface area (Å²) in [5.41, 5.74) is -3.99. The van der Waals surface area contributed by atoms with Gasteiger partial charge in [-0.05, 0) is 13.8 Å². The van der Waals surface area contributed by atoms with E-state index in [1.807, 2.05) is 0 Å². The molecule has 0 rings (SSSR count). The summed E-state index contributed by atoms with van der Waals surface area (Å²) in [4.78, 5) is 11.1. The van der Waals surface area contributed by atoms with E-state index < -0.39 is 23.7 Å². The quantitative estimate of drug-likeness (QED) is 0.430. The number of hydrogen-bond donors (Lipinski definition) is 0. The molecule has 0 radical (unpaired) electrons. The monoisotopic (exact) mass is 242 g/mol. The molecule has 0 N–H and O–H groups in total. The number of halogens is 4. The van der Waals surface area contributed by atoms with Crippen LogP contribution in [0.2, 0.25) is 0 Å². The zero-order valence-electron chi connectivity index (χ0n) is 9.27. The molecule has 0 spiro atoms. The lowest BCUT2D eigenvalue weighted by Gasteiger charge is -2.29. The highest BCUT2D eigenvalue weighted by Crippen LogP contribution is 2.41. The fraction of sp³-hybridized carbons (Fsp3) is 0.700. The minimum Gasteiger partial charge on any atom is -0.463 e. The minimum absolute atomic E-state index is 0.302. The summed E-state index contributed by atoms with van der Waals surface area (Å²) in [6.45, 7) is 3.43. The lowest BCUT2D eigenvalue weighted by molar-refractivity contribution is -0.247. The predicted octanol–water partition coefficient (Wildman–Crippen LogP) is 3.03. The Bertz CT molecular complexity index is 272. The van der Waals surface area contributed by atoms with E-state index >= 15 is 0 Å². The molecule has 0 saturated heterocycles.